The third kappa shape index (κ3) is 7.34. The molecule has 2 aromatic rings. The van der Waals surface area contributed by atoms with E-state index in [1.165, 1.54) is 0 Å². The van der Waals surface area contributed by atoms with E-state index in [1.807, 2.05) is 52.3 Å². The van der Waals surface area contributed by atoms with Gasteiger partial charge in [-0.2, -0.15) is 0 Å². The molecule has 0 saturated carbocycles. The predicted molar refractivity (Wildman–Crippen MR) is 178 cm³/mol. The standard InChI is InChI=1S/C36H47N5O7/c42-29-12-18-38(19-13-29)27-8-14-39(15-9-27)34(43)33(24-25-5-6-31-32(23-25)47-22-21-46-31)48-36(45)40-16-10-28(11-17-40)41-20-7-26-3-1-2-4-30(26)37-35(41)44/h1-6,23,27-29,33,42H,7-22,24H2,(H,37,44)/t33-/m1/s1. The molecule has 258 valence electrons. The van der Waals surface area contributed by atoms with Crippen LogP contribution < -0.4 is 14.8 Å². The molecule has 2 aromatic carbocycles. The number of hydrogen-bond donors (Lipinski definition) is 2. The summed E-state index contributed by atoms with van der Waals surface area (Å²) in [7, 11) is 0. The summed E-state index contributed by atoms with van der Waals surface area (Å²) in [5.74, 6) is 1.12. The number of nitrogens with zero attached hydrogens (tertiary/aromatic N) is 4. The van der Waals surface area contributed by atoms with Crippen molar-refractivity contribution in [3.05, 3.63) is 53.6 Å². The van der Waals surface area contributed by atoms with Crippen LogP contribution in [0.4, 0.5) is 15.3 Å². The maximum atomic E-state index is 14.0. The number of hydrogen-bond acceptors (Lipinski definition) is 8. The minimum absolute atomic E-state index is 0.0166. The van der Waals surface area contributed by atoms with Gasteiger partial charge >= 0.3 is 12.1 Å². The van der Waals surface area contributed by atoms with E-state index in [9.17, 15) is 19.5 Å². The average Bonchev–Trinajstić information content (AvgIpc) is 3.29. The predicted octanol–water partition coefficient (Wildman–Crippen LogP) is 3.51. The van der Waals surface area contributed by atoms with Crippen molar-refractivity contribution in [3.8, 4) is 11.5 Å². The van der Waals surface area contributed by atoms with Crippen LogP contribution in [0.25, 0.3) is 0 Å². The smallest absolute Gasteiger partial charge is 0.410 e. The summed E-state index contributed by atoms with van der Waals surface area (Å²) in [4.78, 5) is 48.6. The van der Waals surface area contributed by atoms with Crippen molar-refractivity contribution in [3.63, 3.8) is 0 Å². The number of nitrogens with one attached hydrogen (secondary N) is 1. The molecule has 48 heavy (non-hydrogen) atoms. The minimum atomic E-state index is -0.977. The van der Waals surface area contributed by atoms with Gasteiger partial charge in [0.15, 0.2) is 17.6 Å². The topological polar surface area (TPSA) is 124 Å². The molecule has 0 aliphatic carbocycles. The number of urea groups is 1. The fraction of sp³-hybridized carbons (Fsp3) is 0.583. The van der Waals surface area contributed by atoms with Gasteiger partial charge in [-0.3, -0.25) is 4.79 Å². The van der Waals surface area contributed by atoms with E-state index in [-0.39, 0.29) is 30.5 Å². The highest BCUT2D eigenvalue weighted by atomic mass is 16.6. The van der Waals surface area contributed by atoms with Gasteiger partial charge in [-0.05, 0) is 74.3 Å². The number of rotatable bonds is 6. The number of aliphatic hydroxyl groups is 1. The second-order valence-corrected chi connectivity index (χ2v) is 13.6. The lowest BCUT2D eigenvalue weighted by Crippen LogP contribution is -2.53. The lowest BCUT2D eigenvalue weighted by Gasteiger charge is -2.41. The molecule has 2 N–H and O–H groups in total. The summed E-state index contributed by atoms with van der Waals surface area (Å²) in [5, 5.41) is 13.0. The van der Waals surface area contributed by atoms with Gasteiger partial charge in [-0.1, -0.05) is 24.3 Å². The number of anilines is 1. The van der Waals surface area contributed by atoms with Gasteiger partial charge < -0.3 is 44.2 Å². The number of carbonyl (C=O) groups excluding carboxylic acids is 3. The Balaban J connectivity index is 0.983. The normalized spacial score (nSPS) is 22.0. The largest absolute Gasteiger partial charge is 0.486 e. The highest BCUT2D eigenvalue weighted by Crippen LogP contribution is 2.32. The fourth-order valence-electron chi connectivity index (χ4n) is 7.81. The van der Waals surface area contributed by atoms with Crippen molar-refractivity contribution >= 4 is 23.7 Å². The monoisotopic (exact) mass is 661 g/mol. The number of carbonyl (C=O) groups is 3. The van der Waals surface area contributed by atoms with Crippen LogP contribution >= 0.6 is 0 Å². The first-order valence-corrected chi connectivity index (χ1v) is 17.6. The van der Waals surface area contributed by atoms with Crippen LogP contribution in [0.5, 0.6) is 11.5 Å². The molecule has 1 atom stereocenters. The molecular formula is C36H47N5O7. The number of piperidine rings is 3. The van der Waals surface area contributed by atoms with Crippen molar-refractivity contribution in [1.82, 2.24) is 19.6 Å². The van der Waals surface area contributed by atoms with Gasteiger partial charge in [-0.25, -0.2) is 9.59 Å². The average molecular weight is 662 g/mol. The minimum Gasteiger partial charge on any atom is -0.486 e. The van der Waals surface area contributed by atoms with Crippen LogP contribution in [0.1, 0.15) is 49.7 Å². The summed E-state index contributed by atoms with van der Waals surface area (Å²) in [6, 6.07) is 13.8. The number of ether oxygens (including phenoxy) is 3. The zero-order valence-electron chi connectivity index (χ0n) is 27.6. The number of likely N-dealkylation sites (tertiary alicyclic amines) is 3. The van der Waals surface area contributed by atoms with E-state index >= 15 is 0 Å². The molecule has 5 heterocycles. The van der Waals surface area contributed by atoms with E-state index in [1.54, 1.807) is 4.90 Å². The summed E-state index contributed by atoms with van der Waals surface area (Å²) in [6.45, 7) is 5.44. The van der Waals surface area contributed by atoms with E-state index in [0.717, 1.165) is 62.0 Å². The van der Waals surface area contributed by atoms with Crippen LogP contribution in [0.2, 0.25) is 0 Å². The first kappa shape index (κ1) is 32.5. The van der Waals surface area contributed by atoms with Crippen LogP contribution in [0.15, 0.2) is 42.5 Å². The van der Waals surface area contributed by atoms with E-state index in [0.29, 0.717) is 76.3 Å². The van der Waals surface area contributed by atoms with E-state index in [2.05, 4.69) is 10.2 Å². The molecule has 12 nitrogen and oxygen atoms in total. The molecule has 4 amide bonds. The van der Waals surface area contributed by atoms with Gasteiger partial charge in [0.1, 0.15) is 13.2 Å². The molecule has 3 fully saturated rings. The molecular weight excluding hydrogens is 614 g/mol. The van der Waals surface area contributed by atoms with Crippen molar-refractivity contribution in [2.45, 2.75) is 75.7 Å². The molecule has 0 aromatic heterocycles. The van der Waals surface area contributed by atoms with Crippen LogP contribution in [0, 0.1) is 0 Å². The SMILES string of the molecule is O=C(O[C@H](Cc1ccc2c(c1)OCCO2)C(=O)N1CCC(N2CCC(O)CC2)CC1)N1CCC(N2CCc3ccccc3NC2=O)CC1. The van der Waals surface area contributed by atoms with Gasteiger partial charge in [0.2, 0.25) is 0 Å². The van der Waals surface area contributed by atoms with Crippen molar-refractivity contribution < 1.29 is 33.7 Å². The van der Waals surface area contributed by atoms with Gasteiger partial charge in [0, 0.05) is 70.0 Å². The Morgan fingerprint density at radius 2 is 1.52 bits per heavy atom. The quantitative estimate of drug-likeness (QED) is 0.483. The second kappa shape index (κ2) is 14.6. The molecule has 0 unspecified atom stereocenters. The number of aliphatic hydroxyl groups excluding tert-OH is 1. The molecule has 7 rings (SSSR count). The molecule has 0 spiro atoms. The van der Waals surface area contributed by atoms with Gasteiger partial charge in [0.25, 0.3) is 5.91 Å². The van der Waals surface area contributed by atoms with E-state index < -0.39 is 12.2 Å². The Morgan fingerprint density at radius 1 is 0.833 bits per heavy atom. The van der Waals surface area contributed by atoms with Gasteiger partial charge in [0.05, 0.1) is 6.10 Å². The summed E-state index contributed by atoms with van der Waals surface area (Å²) in [5.41, 5.74) is 2.81. The van der Waals surface area contributed by atoms with Crippen molar-refractivity contribution in [2.24, 2.45) is 0 Å². The van der Waals surface area contributed by atoms with Crippen molar-refractivity contribution in [2.75, 3.05) is 64.3 Å². The Morgan fingerprint density at radius 3 is 2.29 bits per heavy atom. The lowest BCUT2D eigenvalue weighted by molar-refractivity contribution is -0.142. The lowest BCUT2D eigenvalue weighted by atomic mass is 9.98. The van der Waals surface area contributed by atoms with Crippen LogP contribution in [0.3, 0.4) is 0 Å². The third-order valence-electron chi connectivity index (χ3n) is 10.6. The summed E-state index contributed by atoms with van der Waals surface area (Å²) >= 11 is 0. The molecule has 0 radical (unpaired) electrons. The number of para-hydroxylation sites is 1. The number of benzene rings is 2. The van der Waals surface area contributed by atoms with Crippen LogP contribution in [-0.2, 0) is 22.4 Å². The molecule has 3 saturated heterocycles. The Kier molecular flexibility index (Phi) is 9.90. The highest BCUT2D eigenvalue weighted by Gasteiger charge is 2.36. The van der Waals surface area contributed by atoms with Gasteiger partial charge in [-0.15, -0.1) is 0 Å². The zero-order chi connectivity index (χ0) is 33.0. The first-order chi connectivity index (χ1) is 23.4. The molecule has 5 aliphatic rings. The highest BCUT2D eigenvalue weighted by molar-refractivity contribution is 5.91. The van der Waals surface area contributed by atoms with E-state index in [4.69, 9.17) is 14.2 Å². The Labute approximate surface area is 281 Å². The summed E-state index contributed by atoms with van der Waals surface area (Å²) in [6.07, 6.45) is 3.90. The molecule has 0 bridgehead atoms. The molecule has 12 heteroatoms. The van der Waals surface area contributed by atoms with Crippen LogP contribution in [-0.4, -0.2) is 126 Å². The Bertz CT molecular complexity index is 1460. The first-order valence-electron chi connectivity index (χ1n) is 17.6. The fourth-order valence-corrected chi connectivity index (χ4v) is 7.81. The Hall–Kier alpha value is -4.03. The maximum absolute atomic E-state index is 14.0. The zero-order valence-corrected chi connectivity index (χ0v) is 27.6. The maximum Gasteiger partial charge on any atom is 0.410 e. The second-order valence-electron chi connectivity index (χ2n) is 13.6. The third-order valence-corrected chi connectivity index (χ3v) is 10.6. The number of amides is 4. The number of fused-ring (bicyclic) bond motifs is 2. The van der Waals surface area contributed by atoms with Crippen molar-refractivity contribution in [1.29, 1.82) is 0 Å². The molecule has 5 aliphatic heterocycles. The summed E-state index contributed by atoms with van der Waals surface area (Å²) < 4.78 is 17.5.